The number of hydrogen-bond acceptors (Lipinski definition) is 1. The van der Waals surface area contributed by atoms with E-state index in [9.17, 15) is 0 Å². The highest BCUT2D eigenvalue weighted by molar-refractivity contribution is 5.68. The van der Waals surface area contributed by atoms with E-state index in [-0.39, 0.29) is 0 Å². The van der Waals surface area contributed by atoms with Crippen molar-refractivity contribution >= 4 is 11.3 Å². The Bertz CT molecular complexity index is 415. The predicted molar refractivity (Wildman–Crippen MR) is 77.6 cm³/mol. The molecule has 0 aliphatic carbocycles. The van der Waals surface area contributed by atoms with Crippen LogP contribution in [0.25, 0.3) is 11.3 Å². The molecule has 17 heavy (non-hydrogen) atoms. The number of benzene rings is 1. The molecule has 1 heteroatoms. The van der Waals surface area contributed by atoms with E-state index in [4.69, 9.17) is 0 Å². The van der Waals surface area contributed by atoms with E-state index >= 15 is 0 Å². The summed E-state index contributed by atoms with van der Waals surface area (Å²) < 4.78 is 0. The van der Waals surface area contributed by atoms with Crippen LogP contribution in [-0.2, 0) is 0 Å². The molecule has 0 bridgehead atoms. The van der Waals surface area contributed by atoms with E-state index in [0.29, 0.717) is 0 Å². The largest absolute Gasteiger partial charge is 0.385 e. The molecule has 0 aromatic heterocycles. The summed E-state index contributed by atoms with van der Waals surface area (Å²) in [6.07, 6.45) is 4.06. The maximum absolute atomic E-state index is 4.06. The van der Waals surface area contributed by atoms with Crippen LogP contribution in [0, 0.1) is 0 Å². The van der Waals surface area contributed by atoms with Crippen molar-refractivity contribution in [2.45, 2.75) is 19.8 Å². The van der Waals surface area contributed by atoms with E-state index in [0.717, 1.165) is 41.8 Å². The van der Waals surface area contributed by atoms with Crippen LogP contribution < -0.4 is 5.32 Å². The van der Waals surface area contributed by atoms with Crippen molar-refractivity contribution in [3.63, 3.8) is 0 Å². The van der Waals surface area contributed by atoms with Gasteiger partial charge in [-0.15, -0.1) is 6.58 Å². The zero-order valence-electron chi connectivity index (χ0n) is 10.6. The molecule has 0 amide bonds. The molecule has 1 nitrogen and oxygen atoms in total. The van der Waals surface area contributed by atoms with E-state index < -0.39 is 0 Å². The van der Waals surface area contributed by atoms with Gasteiger partial charge in [0.25, 0.3) is 0 Å². The Kier molecular flexibility index (Phi) is 5.28. The van der Waals surface area contributed by atoms with E-state index in [1.807, 2.05) is 19.1 Å². The first kappa shape index (κ1) is 13.3. The molecular weight excluding hydrogens is 206 g/mol. The number of hydrogen-bond donors (Lipinski definition) is 1. The molecule has 0 aliphatic rings. The SMILES string of the molecule is C=CCCCNC(=C)c1cccc(C(=C)C)c1. The maximum Gasteiger partial charge on any atom is 0.0340 e. The van der Waals surface area contributed by atoms with Crippen molar-refractivity contribution in [1.82, 2.24) is 5.32 Å². The molecule has 1 N–H and O–H groups in total. The van der Waals surface area contributed by atoms with Gasteiger partial charge in [-0.1, -0.05) is 43.0 Å². The van der Waals surface area contributed by atoms with Gasteiger partial charge in [0.15, 0.2) is 0 Å². The molecule has 0 heterocycles. The highest BCUT2D eigenvalue weighted by Gasteiger charge is 2.00. The number of unbranched alkanes of at least 4 members (excludes halogenated alkanes) is 1. The molecule has 0 radical (unpaired) electrons. The molecule has 0 fully saturated rings. The van der Waals surface area contributed by atoms with Crippen molar-refractivity contribution in [3.05, 3.63) is 61.2 Å². The minimum atomic E-state index is 0.933. The summed E-state index contributed by atoms with van der Waals surface area (Å²) in [5, 5.41) is 3.33. The molecule has 0 saturated heterocycles. The summed E-state index contributed by atoms with van der Waals surface area (Å²) >= 11 is 0. The van der Waals surface area contributed by atoms with Gasteiger partial charge in [0.1, 0.15) is 0 Å². The zero-order chi connectivity index (χ0) is 12.7. The van der Waals surface area contributed by atoms with Gasteiger partial charge in [-0.05, 0) is 37.0 Å². The van der Waals surface area contributed by atoms with Crippen LogP contribution in [0.15, 0.2) is 50.1 Å². The van der Waals surface area contributed by atoms with Crippen LogP contribution in [0.3, 0.4) is 0 Å². The summed E-state index contributed by atoms with van der Waals surface area (Å²) in [5.41, 5.74) is 4.34. The second-order valence-corrected chi connectivity index (χ2v) is 4.20. The van der Waals surface area contributed by atoms with Crippen molar-refractivity contribution in [2.75, 3.05) is 6.54 Å². The molecule has 1 aromatic rings. The highest BCUT2D eigenvalue weighted by Crippen LogP contribution is 2.17. The third kappa shape index (κ3) is 4.31. The van der Waals surface area contributed by atoms with Crippen molar-refractivity contribution in [2.24, 2.45) is 0 Å². The molecule has 0 spiro atoms. The van der Waals surface area contributed by atoms with Gasteiger partial charge in [0.05, 0.1) is 0 Å². The Hall–Kier alpha value is -1.76. The monoisotopic (exact) mass is 227 g/mol. The summed E-state index contributed by atoms with van der Waals surface area (Å²) in [4.78, 5) is 0. The van der Waals surface area contributed by atoms with Gasteiger partial charge in [-0.25, -0.2) is 0 Å². The highest BCUT2D eigenvalue weighted by atomic mass is 14.9. The van der Waals surface area contributed by atoms with Crippen molar-refractivity contribution < 1.29 is 0 Å². The fraction of sp³-hybridized carbons (Fsp3) is 0.250. The average Bonchev–Trinajstić information content (AvgIpc) is 2.34. The predicted octanol–water partition coefficient (Wildman–Crippen LogP) is 4.25. The van der Waals surface area contributed by atoms with Crippen molar-refractivity contribution in [3.8, 4) is 0 Å². The fourth-order valence-electron chi connectivity index (χ4n) is 1.56. The Morgan fingerprint density at radius 1 is 1.29 bits per heavy atom. The van der Waals surface area contributed by atoms with Crippen molar-refractivity contribution in [1.29, 1.82) is 0 Å². The standard InChI is InChI=1S/C16H21N/c1-5-6-7-11-17-14(4)16-10-8-9-15(12-16)13(2)3/h5,8-10,12,17H,1-2,4,6-7,11H2,3H3. The second-order valence-electron chi connectivity index (χ2n) is 4.20. The Labute approximate surface area is 105 Å². The lowest BCUT2D eigenvalue weighted by atomic mass is 10.0. The Morgan fingerprint density at radius 3 is 2.65 bits per heavy atom. The maximum atomic E-state index is 4.06. The molecule has 0 unspecified atom stereocenters. The molecule has 90 valence electrons. The first-order chi connectivity index (χ1) is 8.15. The molecule has 0 saturated carbocycles. The lowest BCUT2D eigenvalue weighted by molar-refractivity contribution is 0.777. The van der Waals surface area contributed by atoms with Crippen LogP contribution in [-0.4, -0.2) is 6.54 Å². The van der Waals surface area contributed by atoms with Crippen LogP contribution in [0.2, 0.25) is 0 Å². The minimum absolute atomic E-state index is 0.933. The zero-order valence-corrected chi connectivity index (χ0v) is 10.6. The molecule has 0 atom stereocenters. The van der Waals surface area contributed by atoms with E-state index in [2.05, 4.69) is 43.3 Å². The van der Waals surface area contributed by atoms with Gasteiger partial charge in [0, 0.05) is 12.2 Å². The lowest BCUT2D eigenvalue weighted by Crippen LogP contribution is -2.12. The molecular formula is C16H21N. The van der Waals surface area contributed by atoms with Crippen LogP contribution in [0.4, 0.5) is 0 Å². The van der Waals surface area contributed by atoms with Gasteiger partial charge < -0.3 is 5.32 Å². The Balaban J connectivity index is 2.59. The van der Waals surface area contributed by atoms with Gasteiger partial charge in [0.2, 0.25) is 0 Å². The molecule has 0 aliphatic heterocycles. The fourth-order valence-corrected chi connectivity index (χ4v) is 1.56. The van der Waals surface area contributed by atoms with E-state index in [1.165, 1.54) is 0 Å². The summed E-state index contributed by atoms with van der Waals surface area (Å²) in [6.45, 7) is 14.7. The lowest BCUT2D eigenvalue weighted by Gasteiger charge is -2.10. The third-order valence-electron chi connectivity index (χ3n) is 2.63. The second kappa shape index (κ2) is 6.74. The number of allylic oxidation sites excluding steroid dienone is 2. The topological polar surface area (TPSA) is 12.0 Å². The average molecular weight is 227 g/mol. The number of nitrogens with one attached hydrogen (secondary N) is 1. The Morgan fingerprint density at radius 2 is 2.00 bits per heavy atom. The van der Waals surface area contributed by atoms with Gasteiger partial charge in [-0.2, -0.15) is 0 Å². The third-order valence-corrected chi connectivity index (χ3v) is 2.63. The first-order valence-corrected chi connectivity index (χ1v) is 5.95. The minimum Gasteiger partial charge on any atom is -0.385 e. The normalized spacial score (nSPS) is 9.71. The summed E-state index contributed by atoms with van der Waals surface area (Å²) in [7, 11) is 0. The van der Waals surface area contributed by atoms with Gasteiger partial charge in [-0.3, -0.25) is 0 Å². The van der Waals surface area contributed by atoms with E-state index in [1.54, 1.807) is 0 Å². The van der Waals surface area contributed by atoms with Crippen LogP contribution >= 0.6 is 0 Å². The summed E-state index contributed by atoms with van der Waals surface area (Å²) in [5.74, 6) is 0. The summed E-state index contributed by atoms with van der Waals surface area (Å²) in [6, 6.07) is 8.28. The number of rotatable bonds is 7. The smallest absolute Gasteiger partial charge is 0.0340 e. The first-order valence-electron chi connectivity index (χ1n) is 5.95. The van der Waals surface area contributed by atoms with Crippen LogP contribution in [0.1, 0.15) is 30.9 Å². The molecule has 1 aromatic carbocycles. The van der Waals surface area contributed by atoms with Gasteiger partial charge >= 0.3 is 0 Å². The quantitative estimate of drug-likeness (QED) is 0.542. The van der Waals surface area contributed by atoms with Crippen LogP contribution in [0.5, 0.6) is 0 Å². The molecule has 1 rings (SSSR count).